The lowest BCUT2D eigenvalue weighted by atomic mass is 10.1. The predicted octanol–water partition coefficient (Wildman–Crippen LogP) is 2.63. The predicted molar refractivity (Wildman–Crippen MR) is 107 cm³/mol. The minimum absolute atomic E-state index is 0.0374. The van der Waals surface area contributed by atoms with Crippen LogP contribution in [0.4, 0.5) is 5.69 Å². The van der Waals surface area contributed by atoms with Crippen LogP contribution < -0.4 is 5.56 Å². The highest BCUT2D eigenvalue weighted by Crippen LogP contribution is 2.29. The van der Waals surface area contributed by atoms with E-state index in [1.165, 1.54) is 39.2 Å². The highest BCUT2D eigenvalue weighted by molar-refractivity contribution is 7.89. The molecule has 0 unspecified atom stereocenters. The van der Waals surface area contributed by atoms with Crippen molar-refractivity contribution >= 4 is 15.7 Å². The summed E-state index contributed by atoms with van der Waals surface area (Å²) in [6, 6.07) is 17.9. The van der Waals surface area contributed by atoms with Gasteiger partial charge in [0.2, 0.25) is 10.0 Å². The monoisotopic (exact) mass is 411 g/mol. The van der Waals surface area contributed by atoms with Crippen LogP contribution in [0.1, 0.15) is 5.69 Å². The molecule has 148 valence electrons. The first kappa shape index (κ1) is 19.0. The molecule has 8 nitrogen and oxygen atoms in total. The lowest BCUT2D eigenvalue weighted by Crippen LogP contribution is -2.42. The molecule has 2 aromatic carbocycles. The quantitative estimate of drug-likeness (QED) is 0.485. The number of sulfonamides is 1. The van der Waals surface area contributed by atoms with E-state index in [1.54, 1.807) is 6.07 Å². The fourth-order valence-electron chi connectivity index (χ4n) is 3.48. The number of nitro groups is 1. The van der Waals surface area contributed by atoms with Crippen molar-refractivity contribution in [2.45, 2.75) is 18.0 Å². The number of hydrogen-bond acceptors (Lipinski definition) is 5. The van der Waals surface area contributed by atoms with Gasteiger partial charge in [0.05, 0.1) is 11.5 Å². The fraction of sp³-hybridized carbons (Fsp3) is 0.150. The summed E-state index contributed by atoms with van der Waals surface area (Å²) in [5, 5.41) is 11.3. The van der Waals surface area contributed by atoms with E-state index in [-0.39, 0.29) is 30.1 Å². The van der Waals surface area contributed by atoms with E-state index in [0.717, 1.165) is 5.56 Å². The van der Waals surface area contributed by atoms with E-state index in [2.05, 4.69) is 0 Å². The molecule has 0 saturated carbocycles. The number of para-hydroxylation sites is 1. The zero-order chi connectivity index (χ0) is 20.6. The highest BCUT2D eigenvalue weighted by Gasteiger charge is 2.33. The fourth-order valence-corrected chi connectivity index (χ4v) is 5.04. The Morgan fingerprint density at radius 2 is 1.59 bits per heavy atom. The van der Waals surface area contributed by atoms with Gasteiger partial charge in [0, 0.05) is 30.9 Å². The van der Waals surface area contributed by atoms with Gasteiger partial charge in [-0.15, -0.1) is 0 Å². The Morgan fingerprint density at radius 1 is 0.897 bits per heavy atom. The minimum Gasteiger partial charge on any atom is -0.310 e. The Labute approximate surface area is 166 Å². The molecule has 0 N–H and O–H groups in total. The number of benzene rings is 2. The maximum absolute atomic E-state index is 13.1. The molecule has 9 heteroatoms. The molecule has 0 saturated heterocycles. The zero-order valence-electron chi connectivity index (χ0n) is 15.3. The molecule has 1 aliphatic heterocycles. The van der Waals surface area contributed by atoms with Crippen molar-refractivity contribution in [2.75, 3.05) is 6.54 Å². The van der Waals surface area contributed by atoms with Crippen LogP contribution >= 0.6 is 0 Å². The van der Waals surface area contributed by atoms with Crippen LogP contribution in [0.2, 0.25) is 0 Å². The summed E-state index contributed by atoms with van der Waals surface area (Å²) in [6.07, 6.45) is 0. The lowest BCUT2D eigenvalue weighted by molar-refractivity contribution is -0.387. The van der Waals surface area contributed by atoms with Gasteiger partial charge >= 0.3 is 0 Å². The zero-order valence-corrected chi connectivity index (χ0v) is 16.1. The molecule has 1 aromatic heterocycles. The number of rotatable bonds is 4. The highest BCUT2D eigenvalue weighted by atomic mass is 32.2. The summed E-state index contributed by atoms with van der Waals surface area (Å²) in [5.41, 5.74) is 1.43. The molecule has 0 spiro atoms. The smallest absolute Gasteiger partial charge is 0.289 e. The summed E-state index contributed by atoms with van der Waals surface area (Å²) in [4.78, 5) is 22.8. The number of pyridine rings is 1. The van der Waals surface area contributed by atoms with Crippen LogP contribution in [0.15, 0.2) is 76.4 Å². The normalized spacial score (nSPS) is 14.3. The van der Waals surface area contributed by atoms with E-state index < -0.39 is 20.6 Å². The molecule has 0 radical (unpaired) electrons. The number of nitrogens with zero attached hydrogens (tertiary/aromatic N) is 3. The van der Waals surface area contributed by atoms with Gasteiger partial charge in [0.25, 0.3) is 11.2 Å². The number of aromatic nitrogens is 1. The Balaban J connectivity index is 1.74. The molecule has 3 aromatic rings. The average molecular weight is 411 g/mol. The Bertz CT molecular complexity index is 1250. The van der Waals surface area contributed by atoms with Crippen molar-refractivity contribution in [3.8, 4) is 11.1 Å². The van der Waals surface area contributed by atoms with Gasteiger partial charge in [-0.1, -0.05) is 42.5 Å². The van der Waals surface area contributed by atoms with Crippen LogP contribution in [-0.4, -0.2) is 28.8 Å². The van der Waals surface area contributed by atoms with Gasteiger partial charge in [-0.2, -0.15) is 4.31 Å². The van der Waals surface area contributed by atoms with E-state index in [9.17, 15) is 23.3 Å². The van der Waals surface area contributed by atoms with Gasteiger partial charge < -0.3 is 4.57 Å². The summed E-state index contributed by atoms with van der Waals surface area (Å²) in [7, 11) is -4.09. The Kier molecular flexibility index (Phi) is 4.77. The van der Waals surface area contributed by atoms with Crippen LogP contribution in [0.25, 0.3) is 11.1 Å². The lowest BCUT2D eigenvalue weighted by Gasteiger charge is -2.29. The molecule has 0 fully saturated rings. The van der Waals surface area contributed by atoms with Crippen LogP contribution in [0, 0.1) is 10.1 Å². The van der Waals surface area contributed by atoms with E-state index in [1.807, 2.05) is 30.3 Å². The van der Waals surface area contributed by atoms with Crippen LogP contribution in [0.5, 0.6) is 0 Å². The third-order valence-corrected chi connectivity index (χ3v) is 6.80. The second kappa shape index (κ2) is 7.26. The summed E-state index contributed by atoms with van der Waals surface area (Å²) in [5.74, 6) is 0. The number of fused-ring (bicyclic) bond motifs is 1. The molecule has 1 aliphatic rings. The van der Waals surface area contributed by atoms with E-state index in [0.29, 0.717) is 11.3 Å². The molecular formula is C20H17N3O5S. The second-order valence-corrected chi connectivity index (χ2v) is 8.56. The van der Waals surface area contributed by atoms with Crippen molar-refractivity contribution in [1.82, 2.24) is 8.87 Å². The van der Waals surface area contributed by atoms with Crippen molar-refractivity contribution in [3.05, 3.63) is 92.9 Å². The standard InChI is InChI=1S/C20H17N3O5S/c24-20-13-16(15-6-2-1-3-7-15)12-17-14-21(10-11-22(17)20)29(27,28)19-9-5-4-8-18(19)23(25)26/h1-9,12-13H,10-11,14H2. The topological polar surface area (TPSA) is 103 Å². The third kappa shape index (κ3) is 3.45. The molecule has 0 amide bonds. The first-order valence-electron chi connectivity index (χ1n) is 8.91. The molecule has 2 heterocycles. The first-order valence-corrected chi connectivity index (χ1v) is 10.3. The maximum Gasteiger partial charge on any atom is 0.289 e. The third-order valence-electron chi connectivity index (χ3n) is 4.91. The van der Waals surface area contributed by atoms with Crippen LogP contribution in [0.3, 0.4) is 0 Å². The van der Waals surface area contributed by atoms with Gasteiger partial charge in [0.1, 0.15) is 0 Å². The number of nitro benzene ring substituents is 1. The molecular weight excluding hydrogens is 394 g/mol. The van der Waals surface area contributed by atoms with E-state index >= 15 is 0 Å². The molecule has 29 heavy (non-hydrogen) atoms. The van der Waals surface area contributed by atoms with Crippen molar-refractivity contribution < 1.29 is 13.3 Å². The largest absolute Gasteiger partial charge is 0.310 e. The van der Waals surface area contributed by atoms with Gasteiger partial charge in [-0.05, 0) is 23.3 Å². The van der Waals surface area contributed by atoms with E-state index in [4.69, 9.17) is 0 Å². The second-order valence-electron chi connectivity index (χ2n) is 6.65. The SMILES string of the molecule is O=c1cc(-c2ccccc2)cc2n1CCN(S(=O)(=O)c1ccccc1[N+](=O)[O-])C2. The van der Waals surface area contributed by atoms with Crippen molar-refractivity contribution in [1.29, 1.82) is 0 Å². The van der Waals surface area contributed by atoms with Crippen LogP contribution in [-0.2, 0) is 23.1 Å². The average Bonchev–Trinajstić information content (AvgIpc) is 2.74. The van der Waals surface area contributed by atoms with Gasteiger partial charge in [-0.3, -0.25) is 14.9 Å². The molecule has 4 rings (SSSR count). The first-order chi connectivity index (χ1) is 13.9. The van der Waals surface area contributed by atoms with Crippen molar-refractivity contribution in [2.24, 2.45) is 0 Å². The van der Waals surface area contributed by atoms with Crippen molar-refractivity contribution in [3.63, 3.8) is 0 Å². The van der Waals surface area contributed by atoms with Gasteiger partial charge in [0.15, 0.2) is 4.90 Å². The summed E-state index contributed by atoms with van der Waals surface area (Å²) < 4.78 is 28.9. The molecule has 0 bridgehead atoms. The maximum atomic E-state index is 13.1. The summed E-state index contributed by atoms with van der Waals surface area (Å²) in [6.45, 7) is 0.208. The Morgan fingerprint density at radius 3 is 2.31 bits per heavy atom. The Hall–Kier alpha value is -3.30. The summed E-state index contributed by atoms with van der Waals surface area (Å²) >= 11 is 0. The van der Waals surface area contributed by atoms with Gasteiger partial charge in [-0.25, -0.2) is 8.42 Å². The number of hydrogen-bond donors (Lipinski definition) is 0. The molecule has 0 atom stereocenters. The molecule has 0 aliphatic carbocycles. The minimum atomic E-state index is -4.09.